The Morgan fingerprint density at radius 2 is 2.04 bits per heavy atom. The molecule has 0 fully saturated rings. The van der Waals surface area contributed by atoms with Gasteiger partial charge in [-0.25, -0.2) is 4.98 Å². The van der Waals surface area contributed by atoms with Gasteiger partial charge in [-0.1, -0.05) is 56.2 Å². The molecule has 0 saturated carbocycles. The summed E-state index contributed by atoms with van der Waals surface area (Å²) in [5.41, 5.74) is 0.176. The predicted octanol–water partition coefficient (Wildman–Crippen LogP) is 2.48. The maximum atomic E-state index is 12.2. The highest BCUT2D eigenvalue weighted by atomic mass is 16.5. The van der Waals surface area contributed by atoms with Crippen LogP contribution in [0.15, 0.2) is 74.1 Å². The SMILES string of the molecule is C=C/C=C\C(=C/C=C)OC[B]C(=O)c1ccc(=C/C)/c(=C\C=C)n1. The number of carbonyl (C=O) groups excluding carboxylic acids is 1. The third-order valence-corrected chi connectivity index (χ3v) is 2.99. The molecule has 0 bridgehead atoms. The Kier molecular flexibility index (Phi) is 8.62. The molecular formula is C20H21BNO2. The van der Waals surface area contributed by atoms with Crippen LogP contribution in [0.2, 0.25) is 0 Å². The molecule has 0 aromatic carbocycles. The number of nitrogens with zero attached hydrogens (tertiary/aromatic N) is 1. The Labute approximate surface area is 144 Å². The third-order valence-electron chi connectivity index (χ3n) is 2.99. The van der Waals surface area contributed by atoms with E-state index in [1.54, 1.807) is 48.6 Å². The van der Waals surface area contributed by atoms with Crippen molar-refractivity contribution in [2.45, 2.75) is 6.92 Å². The van der Waals surface area contributed by atoms with Crippen LogP contribution in [-0.2, 0) is 4.74 Å². The highest BCUT2D eigenvalue weighted by Crippen LogP contribution is 2.00. The highest BCUT2D eigenvalue weighted by molar-refractivity contribution is 6.77. The van der Waals surface area contributed by atoms with E-state index in [4.69, 9.17) is 4.74 Å². The van der Waals surface area contributed by atoms with Gasteiger partial charge in [-0.15, -0.1) is 0 Å². The zero-order chi connectivity index (χ0) is 17.8. The molecule has 1 aromatic rings. The van der Waals surface area contributed by atoms with E-state index in [0.29, 0.717) is 16.8 Å². The molecule has 1 aromatic heterocycles. The molecule has 0 spiro atoms. The van der Waals surface area contributed by atoms with Crippen molar-refractivity contribution in [2.75, 3.05) is 6.51 Å². The second-order valence-electron chi connectivity index (χ2n) is 4.64. The van der Waals surface area contributed by atoms with Gasteiger partial charge < -0.3 is 9.53 Å². The van der Waals surface area contributed by atoms with Crippen molar-refractivity contribution < 1.29 is 9.53 Å². The average molecular weight is 318 g/mol. The molecule has 4 heteroatoms. The Morgan fingerprint density at radius 1 is 1.25 bits per heavy atom. The monoisotopic (exact) mass is 318 g/mol. The first-order valence-corrected chi connectivity index (χ1v) is 7.54. The normalized spacial score (nSPS) is 13.0. The largest absolute Gasteiger partial charge is 0.502 e. The lowest BCUT2D eigenvalue weighted by Gasteiger charge is -2.05. The van der Waals surface area contributed by atoms with Crippen LogP contribution in [-0.4, -0.2) is 24.5 Å². The zero-order valence-corrected chi connectivity index (χ0v) is 13.9. The minimum atomic E-state index is -0.193. The van der Waals surface area contributed by atoms with Gasteiger partial charge in [-0.3, -0.25) is 0 Å². The molecule has 1 rings (SSSR count). The van der Waals surface area contributed by atoms with Crippen LogP contribution >= 0.6 is 0 Å². The van der Waals surface area contributed by atoms with E-state index in [1.807, 2.05) is 19.1 Å². The molecule has 0 aliphatic rings. The van der Waals surface area contributed by atoms with Crippen LogP contribution in [0.4, 0.5) is 0 Å². The molecule has 0 aliphatic carbocycles. The van der Waals surface area contributed by atoms with Gasteiger partial charge in [-0.2, -0.15) is 0 Å². The maximum Gasteiger partial charge on any atom is 0.260 e. The molecule has 0 amide bonds. The highest BCUT2D eigenvalue weighted by Gasteiger charge is 2.09. The van der Waals surface area contributed by atoms with Gasteiger partial charge in [0.1, 0.15) is 11.4 Å². The van der Waals surface area contributed by atoms with Gasteiger partial charge in [0.2, 0.25) is 0 Å². The maximum absolute atomic E-state index is 12.2. The lowest BCUT2D eigenvalue weighted by atomic mass is 9.73. The smallest absolute Gasteiger partial charge is 0.260 e. The summed E-state index contributed by atoms with van der Waals surface area (Å²) in [5, 5.41) is 1.67. The number of hydrogen-bond donors (Lipinski definition) is 0. The van der Waals surface area contributed by atoms with Gasteiger partial charge in [-0.05, 0) is 36.4 Å². The summed E-state index contributed by atoms with van der Waals surface area (Å²) in [6.45, 7) is 13.0. The topological polar surface area (TPSA) is 39.2 Å². The lowest BCUT2D eigenvalue weighted by molar-refractivity contribution is 0.106. The van der Waals surface area contributed by atoms with Gasteiger partial charge in [0.05, 0.1) is 17.5 Å². The molecule has 1 radical (unpaired) electrons. The van der Waals surface area contributed by atoms with E-state index in [9.17, 15) is 4.79 Å². The van der Waals surface area contributed by atoms with E-state index in [0.717, 1.165) is 5.22 Å². The van der Waals surface area contributed by atoms with Gasteiger partial charge in [0.15, 0.2) is 0 Å². The first-order chi connectivity index (χ1) is 11.7. The van der Waals surface area contributed by atoms with Crippen molar-refractivity contribution in [2.24, 2.45) is 0 Å². The minimum absolute atomic E-state index is 0.143. The number of ether oxygens (including phenoxy) is 1. The molecule has 3 nitrogen and oxygen atoms in total. The van der Waals surface area contributed by atoms with E-state index in [1.165, 1.54) is 7.28 Å². The summed E-state index contributed by atoms with van der Waals surface area (Å²) < 4.78 is 5.52. The molecule has 0 unspecified atom stereocenters. The van der Waals surface area contributed by atoms with Crippen molar-refractivity contribution in [1.82, 2.24) is 4.98 Å². The summed E-state index contributed by atoms with van der Waals surface area (Å²) in [7, 11) is 1.45. The fourth-order valence-corrected chi connectivity index (χ4v) is 1.86. The van der Waals surface area contributed by atoms with Crippen molar-refractivity contribution in [3.8, 4) is 0 Å². The van der Waals surface area contributed by atoms with E-state index in [2.05, 4.69) is 24.7 Å². The van der Waals surface area contributed by atoms with Crippen LogP contribution in [0, 0.1) is 0 Å². The summed E-state index contributed by atoms with van der Waals surface area (Å²) in [6.07, 6.45) is 13.8. The quantitative estimate of drug-likeness (QED) is 0.399. The van der Waals surface area contributed by atoms with Gasteiger partial charge in [0.25, 0.3) is 7.28 Å². The van der Waals surface area contributed by atoms with Gasteiger partial charge >= 0.3 is 0 Å². The van der Waals surface area contributed by atoms with E-state index < -0.39 is 0 Å². The van der Waals surface area contributed by atoms with Crippen molar-refractivity contribution >= 4 is 25.1 Å². The second kappa shape index (κ2) is 10.8. The standard InChI is InChI=1S/C20H21BNO2/c1-5-9-12-17(10-6-2)24-15-21-20(23)19-14-13-16(8-4)18(22-19)11-7-3/h5-14H,1-3,15H2,4H3/b12-9-,16-8-,17-10+,18-11+. The Hall–Kier alpha value is -2.88. The number of pyridine rings is 1. The van der Waals surface area contributed by atoms with E-state index in [-0.39, 0.29) is 12.2 Å². The zero-order valence-electron chi connectivity index (χ0n) is 13.9. The average Bonchev–Trinajstić information content (AvgIpc) is 2.59. The lowest BCUT2D eigenvalue weighted by Crippen LogP contribution is -2.31. The fraction of sp³-hybridized carbons (Fsp3) is 0.100. The first-order valence-electron chi connectivity index (χ1n) is 7.54. The van der Waals surface area contributed by atoms with Crippen molar-refractivity contribution in [3.63, 3.8) is 0 Å². The third kappa shape index (κ3) is 6.09. The second-order valence-corrected chi connectivity index (χ2v) is 4.64. The summed E-state index contributed by atoms with van der Waals surface area (Å²) >= 11 is 0. The number of hydrogen-bond acceptors (Lipinski definition) is 3. The number of carbonyl (C=O) groups is 1. The molecule has 0 saturated heterocycles. The summed E-state index contributed by atoms with van der Waals surface area (Å²) in [6, 6.07) is 3.56. The van der Waals surface area contributed by atoms with Crippen molar-refractivity contribution in [1.29, 1.82) is 0 Å². The Balaban J connectivity index is 2.80. The molecule has 0 atom stereocenters. The van der Waals surface area contributed by atoms with Crippen LogP contribution in [0.3, 0.4) is 0 Å². The van der Waals surface area contributed by atoms with Crippen LogP contribution < -0.4 is 10.6 Å². The minimum Gasteiger partial charge on any atom is -0.502 e. The first kappa shape index (κ1) is 19.2. The Morgan fingerprint density at radius 3 is 2.67 bits per heavy atom. The number of allylic oxidation sites excluding steroid dienone is 6. The summed E-state index contributed by atoms with van der Waals surface area (Å²) in [5.74, 6) is 0.596. The van der Waals surface area contributed by atoms with E-state index >= 15 is 0 Å². The predicted molar refractivity (Wildman–Crippen MR) is 102 cm³/mol. The van der Waals surface area contributed by atoms with Crippen LogP contribution in [0.5, 0.6) is 0 Å². The Bertz CT molecular complexity index is 788. The fourth-order valence-electron chi connectivity index (χ4n) is 1.86. The molecule has 0 N–H and O–H groups in total. The number of aromatic nitrogens is 1. The molecular weight excluding hydrogens is 297 g/mol. The summed E-state index contributed by atoms with van der Waals surface area (Å²) in [4.78, 5) is 16.6. The molecule has 24 heavy (non-hydrogen) atoms. The van der Waals surface area contributed by atoms with Gasteiger partial charge in [0, 0.05) is 0 Å². The number of rotatable bonds is 9. The molecule has 121 valence electrons. The van der Waals surface area contributed by atoms with Crippen LogP contribution in [0.25, 0.3) is 12.2 Å². The molecule has 0 aliphatic heterocycles. The van der Waals surface area contributed by atoms with Crippen molar-refractivity contribution in [3.05, 3.63) is 90.3 Å². The molecule has 1 heterocycles. The van der Waals surface area contributed by atoms with Crippen LogP contribution in [0.1, 0.15) is 17.4 Å².